The summed E-state index contributed by atoms with van der Waals surface area (Å²) >= 11 is 0. The Morgan fingerprint density at radius 2 is 2.41 bits per heavy atom. The van der Waals surface area contributed by atoms with E-state index in [1.54, 1.807) is 19.2 Å². The molecule has 1 N–H and O–H groups in total. The number of nitrogens with zero attached hydrogens (tertiary/aromatic N) is 2. The van der Waals surface area contributed by atoms with E-state index in [0.29, 0.717) is 5.88 Å². The standard InChI is InChI=1S/C11H14N2O4/c1-7-5-13(11(15)12-10(7)16-2)8-3-4-17-9(8)6-14/h3-5,8-9,14H,6H2,1-2H3/t8-,9-/m1/s1. The largest absolute Gasteiger partial charge is 0.493 e. The van der Waals surface area contributed by atoms with Crippen LogP contribution in [0.25, 0.3) is 0 Å². The highest BCUT2D eigenvalue weighted by Crippen LogP contribution is 2.22. The zero-order chi connectivity index (χ0) is 12.4. The van der Waals surface area contributed by atoms with Crippen LogP contribution in [0.5, 0.6) is 5.88 Å². The number of aromatic nitrogens is 2. The van der Waals surface area contributed by atoms with Crippen molar-refractivity contribution in [2.24, 2.45) is 0 Å². The quantitative estimate of drug-likeness (QED) is 0.802. The van der Waals surface area contributed by atoms with E-state index >= 15 is 0 Å². The lowest BCUT2D eigenvalue weighted by molar-refractivity contribution is 0.0700. The first kappa shape index (κ1) is 11.7. The molecule has 0 bridgehead atoms. The van der Waals surface area contributed by atoms with Crippen LogP contribution in [-0.4, -0.2) is 34.5 Å². The van der Waals surface area contributed by atoms with E-state index in [2.05, 4.69) is 4.98 Å². The molecule has 2 rings (SSSR count). The summed E-state index contributed by atoms with van der Waals surface area (Å²) in [6.45, 7) is 1.64. The molecular weight excluding hydrogens is 224 g/mol. The number of rotatable bonds is 3. The molecule has 17 heavy (non-hydrogen) atoms. The smallest absolute Gasteiger partial charge is 0.351 e. The Hall–Kier alpha value is -1.82. The SMILES string of the molecule is COc1nc(=O)n([C@@H]2C=CO[C@@H]2CO)cc1C. The first-order valence-electron chi connectivity index (χ1n) is 5.24. The van der Waals surface area contributed by atoms with Crippen LogP contribution < -0.4 is 10.4 Å². The molecule has 6 nitrogen and oxygen atoms in total. The maximum absolute atomic E-state index is 11.8. The maximum atomic E-state index is 11.8. The van der Waals surface area contributed by atoms with Crippen molar-refractivity contribution in [2.45, 2.75) is 19.1 Å². The Morgan fingerprint density at radius 3 is 3.06 bits per heavy atom. The van der Waals surface area contributed by atoms with E-state index < -0.39 is 11.8 Å². The Bertz CT molecular complexity index is 495. The van der Waals surface area contributed by atoms with Crippen molar-refractivity contribution >= 4 is 0 Å². The zero-order valence-corrected chi connectivity index (χ0v) is 9.66. The van der Waals surface area contributed by atoms with E-state index in [-0.39, 0.29) is 12.6 Å². The normalized spacial score (nSPS) is 22.5. The predicted molar refractivity (Wildman–Crippen MR) is 59.9 cm³/mol. The molecular formula is C11H14N2O4. The molecule has 0 saturated heterocycles. The summed E-state index contributed by atoms with van der Waals surface area (Å²) in [4.78, 5) is 15.6. The van der Waals surface area contributed by atoms with Gasteiger partial charge in [-0.15, -0.1) is 0 Å². The molecule has 92 valence electrons. The van der Waals surface area contributed by atoms with Crippen LogP contribution in [-0.2, 0) is 4.74 Å². The number of ether oxygens (including phenoxy) is 2. The van der Waals surface area contributed by atoms with Crippen LogP contribution in [0.2, 0.25) is 0 Å². The minimum Gasteiger partial charge on any atom is -0.493 e. The summed E-state index contributed by atoms with van der Waals surface area (Å²) in [6, 6.07) is -0.329. The lowest BCUT2D eigenvalue weighted by Crippen LogP contribution is -2.33. The summed E-state index contributed by atoms with van der Waals surface area (Å²) in [6.07, 6.45) is 4.41. The number of hydrogen-bond acceptors (Lipinski definition) is 5. The molecule has 0 amide bonds. The number of hydrogen-bond donors (Lipinski definition) is 1. The second-order valence-corrected chi connectivity index (χ2v) is 3.80. The van der Waals surface area contributed by atoms with Crippen molar-refractivity contribution in [3.8, 4) is 5.88 Å². The molecule has 2 heterocycles. The van der Waals surface area contributed by atoms with E-state index in [1.165, 1.54) is 17.9 Å². The molecule has 0 unspecified atom stereocenters. The highest BCUT2D eigenvalue weighted by molar-refractivity contribution is 5.21. The number of methoxy groups -OCH3 is 1. The average Bonchev–Trinajstić information content (AvgIpc) is 2.79. The Labute approximate surface area is 98.1 Å². The molecule has 1 aromatic heterocycles. The zero-order valence-electron chi connectivity index (χ0n) is 9.66. The topological polar surface area (TPSA) is 73.6 Å². The third-order valence-corrected chi connectivity index (χ3v) is 2.69. The predicted octanol–water partition coefficient (Wildman–Crippen LogP) is 0.00622. The van der Waals surface area contributed by atoms with Gasteiger partial charge in [0.1, 0.15) is 6.10 Å². The minimum absolute atomic E-state index is 0.158. The van der Waals surface area contributed by atoms with Crippen LogP contribution in [0.4, 0.5) is 0 Å². The fraction of sp³-hybridized carbons (Fsp3) is 0.455. The summed E-state index contributed by atoms with van der Waals surface area (Å²) in [7, 11) is 1.47. The molecule has 0 fully saturated rings. The van der Waals surface area contributed by atoms with Crippen LogP contribution >= 0.6 is 0 Å². The van der Waals surface area contributed by atoms with Crippen LogP contribution in [0, 0.1) is 6.92 Å². The van der Waals surface area contributed by atoms with Crippen molar-refractivity contribution < 1.29 is 14.6 Å². The summed E-state index contributed by atoms with van der Waals surface area (Å²) in [5, 5.41) is 9.13. The maximum Gasteiger partial charge on any atom is 0.351 e. The highest BCUT2D eigenvalue weighted by Gasteiger charge is 2.27. The number of aliphatic hydroxyl groups is 1. The third-order valence-electron chi connectivity index (χ3n) is 2.69. The Morgan fingerprint density at radius 1 is 1.65 bits per heavy atom. The molecule has 0 radical (unpaired) electrons. The highest BCUT2D eigenvalue weighted by atomic mass is 16.5. The van der Waals surface area contributed by atoms with E-state index in [0.717, 1.165) is 5.56 Å². The van der Waals surface area contributed by atoms with Crippen molar-refractivity contribution in [1.29, 1.82) is 0 Å². The first-order valence-corrected chi connectivity index (χ1v) is 5.24. The second-order valence-electron chi connectivity index (χ2n) is 3.80. The lowest BCUT2D eigenvalue weighted by atomic mass is 10.2. The molecule has 1 aliphatic rings. The van der Waals surface area contributed by atoms with Gasteiger partial charge in [0.25, 0.3) is 0 Å². The van der Waals surface area contributed by atoms with Crippen LogP contribution in [0.1, 0.15) is 11.6 Å². The van der Waals surface area contributed by atoms with Crippen LogP contribution in [0.3, 0.4) is 0 Å². The third kappa shape index (κ3) is 2.03. The fourth-order valence-corrected chi connectivity index (χ4v) is 1.83. The van der Waals surface area contributed by atoms with Crippen molar-refractivity contribution in [2.75, 3.05) is 13.7 Å². The van der Waals surface area contributed by atoms with Gasteiger partial charge in [0.2, 0.25) is 5.88 Å². The van der Waals surface area contributed by atoms with Crippen molar-refractivity contribution in [3.05, 3.63) is 34.6 Å². The van der Waals surface area contributed by atoms with E-state index in [4.69, 9.17) is 14.6 Å². The van der Waals surface area contributed by atoms with Gasteiger partial charge in [-0.2, -0.15) is 4.98 Å². The summed E-state index contributed by atoms with van der Waals surface area (Å²) in [5.41, 5.74) is 0.329. The van der Waals surface area contributed by atoms with E-state index in [9.17, 15) is 4.79 Å². The van der Waals surface area contributed by atoms with Gasteiger partial charge in [-0.25, -0.2) is 4.79 Å². The van der Waals surface area contributed by atoms with Gasteiger partial charge >= 0.3 is 5.69 Å². The summed E-state index contributed by atoms with van der Waals surface area (Å²) in [5.74, 6) is 0.315. The Kier molecular flexibility index (Phi) is 3.14. The van der Waals surface area contributed by atoms with Gasteiger partial charge in [-0.1, -0.05) is 0 Å². The molecule has 0 spiro atoms. The molecule has 0 aliphatic carbocycles. The molecule has 2 atom stereocenters. The average molecular weight is 238 g/mol. The molecule has 1 aliphatic heterocycles. The molecule has 0 saturated carbocycles. The molecule has 0 aromatic carbocycles. The van der Waals surface area contributed by atoms with Gasteiger partial charge < -0.3 is 14.6 Å². The van der Waals surface area contributed by atoms with Gasteiger partial charge in [-0.05, 0) is 13.0 Å². The van der Waals surface area contributed by atoms with Gasteiger partial charge in [-0.3, -0.25) is 4.57 Å². The molecule has 1 aromatic rings. The van der Waals surface area contributed by atoms with Crippen molar-refractivity contribution in [3.63, 3.8) is 0 Å². The minimum atomic E-state index is -0.442. The number of aryl methyl sites for hydroxylation is 1. The van der Waals surface area contributed by atoms with Gasteiger partial charge in [0, 0.05) is 11.8 Å². The lowest BCUT2D eigenvalue weighted by Gasteiger charge is -2.19. The van der Waals surface area contributed by atoms with Crippen LogP contribution in [0.15, 0.2) is 23.3 Å². The van der Waals surface area contributed by atoms with E-state index in [1.807, 2.05) is 0 Å². The van der Waals surface area contributed by atoms with Gasteiger partial charge in [0.15, 0.2) is 0 Å². The number of aliphatic hydroxyl groups excluding tert-OH is 1. The first-order chi connectivity index (χ1) is 8.17. The van der Waals surface area contributed by atoms with Gasteiger partial charge in [0.05, 0.1) is 26.0 Å². The summed E-state index contributed by atoms with van der Waals surface area (Å²) < 4.78 is 11.6. The second kappa shape index (κ2) is 4.58. The molecule has 6 heteroatoms. The fourth-order valence-electron chi connectivity index (χ4n) is 1.83. The Balaban J connectivity index is 2.42. The van der Waals surface area contributed by atoms with Crippen molar-refractivity contribution in [1.82, 2.24) is 9.55 Å². The monoisotopic (exact) mass is 238 g/mol.